The van der Waals surface area contributed by atoms with Gasteiger partial charge in [-0.05, 0) is 46.5 Å². The third kappa shape index (κ3) is 1.69. The lowest BCUT2D eigenvalue weighted by atomic mass is 10.0. The van der Waals surface area contributed by atoms with Crippen molar-refractivity contribution in [3.63, 3.8) is 0 Å². The molecule has 3 heteroatoms. The molecule has 0 aliphatic heterocycles. The van der Waals surface area contributed by atoms with E-state index in [1.54, 1.807) is 17.5 Å². The van der Waals surface area contributed by atoms with E-state index in [-0.39, 0.29) is 6.04 Å². The molecule has 2 N–H and O–H groups in total. The maximum atomic E-state index is 6.13. The number of thiophene rings is 1. The Kier molecular flexibility index (Phi) is 2.61. The Balaban J connectivity index is 2.37. The van der Waals surface area contributed by atoms with Gasteiger partial charge in [0.15, 0.2) is 0 Å². The van der Waals surface area contributed by atoms with Crippen LogP contribution in [0.25, 0.3) is 0 Å². The molecule has 2 rings (SSSR count). The average Bonchev–Trinajstić information content (AvgIpc) is 2.70. The highest BCUT2D eigenvalue weighted by atomic mass is 32.1. The second-order valence-electron chi connectivity index (χ2n) is 3.27. The van der Waals surface area contributed by atoms with Gasteiger partial charge in [-0.2, -0.15) is 11.3 Å². The Bertz CT molecular complexity index is 409. The Morgan fingerprint density at radius 2 is 2.29 bits per heavy atom. The van der Waals surface area contributed by atoms with Gasteiger partial charge in [-0.1, -0.05) is 0 Å². The molecule has 14 heavy (non-hydrogen) atoms. The summed E-state index contributed by atoms with van der Waals surface area (Å²) in [5.41, 5.74) is 9.58. The molecule has 0 amide bonds. The van der Waals surface area contributed by atoms with Gasteiger partial charge in [0.05, 0.1) is 6.04 Å². The lowest BCUT2D eigenvalue weighted by molar-refractivity contribution is 0.857. The molecule has 0 spiro atoms. The molecule has 0 fully saturated rings. The highest BCUT2D eigenvalue weighted by Gasteiger charge is 2.11. The minimum Gasteiger partial charge on any atom is -0.320 e. The molecule has 0 aliphatic rings. The zero-order valence-electron chi connectivity index (χ0n) is 7.97. The molecular formula is C11H12N2S. The molecule has 2 nitrogen and oxygen atoms in total. The highest BCUT2D eigenvalue weighted by molar-refractivity contribution is 7.08. The standard InChI is InChI=1S/C11H12N2S/c1-8-2-4-13-6-10(8)11(12)9-3-5-14-7-9/h2-7,11H,12H2,1H3. The van der Waals surface area contributed by atoms with Crippen LogP contribution in [0.1, 0.15) is 22.7 Å². The molecule has 0 saturated carbocycles. The van der Waals surface area contributed by atoms with Crippen LogP contribution < -0.4 is 5.73 Å². The number of rotatable bonds is 2. The fourth-order valence-corrected chi connectivity index (χ4v) is 2.13. The van der Waals surface area contributed by atoms with Crippen molar-refractivity contribution >= 4 is 11.3 Å². The average molecular weight is 204 g/mol. The zero-order valence-corrected chi connectivity index (χ0v) is 8.79. The summed E-state index contributed by atoms with van der Waals surface area (Å²) in [6, 6.07) is 4.00. The molecule has 72 valence electrons. The van der Waals surface area contributed by atoms with Gasteiger partial charge >= 0.3 is 0 Å². The van der Waals surface area contributed by atoms with Gasteiger partial charge in [-0.25, -0.2) is 0 Å². The van der Waals surface area contributed by atoms with E-state index in [0.29, 0.717) is 0 Å². The molecule has 0 aliphatic carbocycles. The van der Waals surface area contributed by atoms with Crippen molar-refractivity contribution in [3.8, 4) is 0 Å². The number of hydrogen-bond acceptors (Lipinski definition) is 3. The summed E-state index contributed by atoms with van der Waals surface area (Å²) in [6.07, 6.45) is 3.64. The largest absolute Gasteiger partial charge is 0.320 e. The van der Waals surface area contributed by atoms with E-state index in [2.05, 4.69) is 23.4 Å². The van der Waals surface area contributed by atoms with E-state index >= 15 is 0 Å². The Morgan fingerprint density at radius 3 is 2.93 bits per heavy atom. The van der Waals surface area contributed by atoms with Crippen LogP contribution in [-0.2, 0) is 0 Å². The van der Waals surface area contributed by atoms with Gasteiger partial charge in [-0.3, -0.25) is 4.98 Å². The number of pyridine rings is 1. The quantitative estimate of drug-likeness (QED) is 0.816. The lowest BCUT2D eigenvalue weighted by Gasteiger charge is -2.12. The molecule has 2 heterocycles. The topological polar surface area (TPSA) is 38.9 Å². The maximum Gasteiger partial charge on any atom is 0.0577 e. The second-order valence-corrected chi connectivity index (χ2v) is 4.05. The molecule has 0 saturated heterocycles. The first kappa shape index (κ1) is 9.37. The summed E-state index contributed by atoms with van der Waals surface area (Å²) in [4.78, 5) is 4.10. The van der Waals surface area contributed by atoms with E-state index in [0.717, 1.165) is 11.1 Å². The van der Waals surface area contributed by atoms with Gasteiger partial charge in [0, 0.05) is 12.4 Å². The Morgan fingerprint density at radius 1 is 1.43 bits per heavy atom. The molecule has 1 unspecified atom stereocenters. The molecule has 1 atom stereocenters. The summed E-state index contributed by atoms with van der Waals surface area (Å²) in [7, 11) is 0. The van der Waals surface area contributed by atoms with Gasteiger partial charge in [0.25, 0.3) is 0 Å². The van der Waals surface area contributed by atoms with Gasteiger partial charge in [0.2, 0.25) is 0 Å². The van der Waals surface area contributed by atoms with E-state index in [9.17, 15) is 0 Å². The Labute approximate surface area is 87.4 Å². The van der Waals surface area contributed by atoms with Gasteiger partial charge in [-0.15, -0.1) is 0 Å². The van der Waals surface area contributed by atoms with Crippen LogP contribution in [0.15, 0.2) is 35.3 Å². The number of nitrogens with two attached hydrogens (primary N) is 1. The van der Waals surface area contributed by atoms with Gasteiger partial charge in [0.1, 0.15) is 0 Å². The fraction of sp³-hybridized carbons (Fsp3) is 0.182. The first-order valence-electron chi connectivity index (χ1n) is 4.47. The van der Waals surface area contributed by atoms with Crippen molar-refractivity contribution in [1.82, 2.24) is 4.98 Å². The third-order valence-electron chi connectivity index (χ3n) is 2.32. The van der Waals surface area contributed by atoms with Crippen molar-refractivity contribution in [3.05, 3.63) is 52.0 Å². The van der Waals surface area contributed by atoms with Crippen LogP contribution in [0.4, 0.5) is 0 Å². The van der Waals surface area contributed by atoms with Crippen molar-refractivity contribution in [1.29, 1.82) is 0 Å². The van der Waals surface area contributed by atoms with Crippen molar-refractivity contribution < 1.29 is 0 Å². The SMILES string of the molecule is Cc1ccncc1C(N)c1ccsc1. The highest BCUT2D eigenvalue weighted by Crippen LogP contribution is 2.23. The minimum absolute atomic E-state index is 0.0463. The lowest BCUT2D eigenvalue weighted by Crippen LogP contribution is -2.12. The van der Waals surface area contributed by atoms with Crippen LogP contribution >= 0.6 is 11.3 Å². The molecule has 0 bridgehead atoms. The molecule has 0 aromatic carbocycles. The maximum absolute atomic E-state index is 6.13. The van der Waals surface area contributed by atoms with Crippen LogP contribution in [0.2, 0.25) is 0 Å². The summed E-state index contributed by atoms with van der Waals surface area (Å²) in [6.45, 7) is 2.06. The van der Waals surface area contributed by atoms with Crippen LogP contribution in [-0.4, -0.2) is 4.98 Å². The van der Waals surface area contributed by atoms with E-state index in [1.807, 2.05) is 17.6 Å². The molecule has 0 radical (unpaired) electrons. The van der Waals surface area contributed by atoms with E-state index in [4.69, 9.17) is 5.73 Å². The normalized spacial score (nSPS) is 12.7. The van der Waals surface area contributed by atoms with Gasteiger partial charge < -0.3 is 5.73 Å². The first-order valence-corrected chi connectivity index (χ1v) is 5.41. The summed E-state index contributed by atoms with van der Waals surface area (Å²) in [5.74, 6) is 0. The van der Waals surface area contributed by atoms with E-state index < -0.39 is 0 Å². The molecule has 2 aromatic heterocycles. The predicted molar refractivity (Wildman–Crippen MR) is 59.3 cm³/mol. The third-order valence-corrected chi connectivity index (χ3v) is 3.02. The summed E-state index contributed by atoms with van der Waals surface area (Å²) >= 11 is 1.67. The Hall–Kier alpha value is -1.19. The van der Waals surface area contributed by atoms with Crippen LogP contribution in [0, 0.1) is 6.92 Å². The number of aryl methyl sites for hydroxylation is 1. The number of aromatic nitrogens is 1. The second kappa shape index (κ2) is 3.90. The monoisotopic (exact) mass is 204 g/mol. The molecule has 2 aromatic rings. The molecular weight excluding hydrogens is 192 g/mol. The smallest absolute Gasteiger partial charge is 0.0577 e. The summed E-state index contributed by atoms with van der Waals surface area (Å²) in [5, 5.41) is 4.12. The van der Waals surface area contributed by atoms with Crippen molar-refractivity contribution in [2.45, 2.75) is 13.0 Å². The predicted octanol–water partition coefficient (Wildman–Crippen LogP) is 2.50. The van der Waals surface area contributed by atoms with E-state index in [1.165, 1.54) is 5.56 Å². The number of nitrogens with zero attached hydrogens (tertiary/aromatic N) is 1. The minimum atomic E-state index is -0.0463. The fourth-order valence-electron chi connectivity index (χ4n) is 1.43. The van der Waals surface area contributed by atoms with Crippen LogP contribution in [0.3, 0.4) is 0 Å². The summed E-state index contributed by atoms with van der Waals surface area (Å²) < 4.78 is 0. The first-order chi connectivity index (χ1) is 6.79. The van der Waals surface area contributed by atoms with Crippen molar-refractivity contribution in [2.24, 2.45) is 5.73 Å². The van der Waals surface area contributed by atoms with Crippen LogP contribution in [0.5, 0.6) is 0 Å². The number of hydrogen-bond donors (Lipinski definition) is 1. The zero-order chi connectivity index (χ0) is 9.97. The van der Waals surface area contributed by atoms with Crippen molar-refractivity contribution in [2.75, 3.05) is 0 Å².